The van der Waals surface area contributed by atoms with Crippen LogP contribution in [0, 0.1) is 11.3 Å². The van der Waals surface area contributed by atoms with Gasteiger partial charge in [0.25, 0.3) is 0 Å². The van der Waals surface area contributed by atoms with Crippen LogP contribution in [0.3, 0.4) is 0 Å². The maximum atomic E-state index is 10.3. The molecule has 0 radical (unpaired) electrons. The molecule has 0 aliphatic carbocycles. The monoisotopic (exact) mass is 345 g/mol. The van der Waals surface area contributed by atoms with Gasteiger partial charge in [0.15, 0.2) is 0 Å². The zero-order valence-corrected chi connectivity index (χ0v) is 14.1. The molecule has 0 bridgehead atoms. The highest BCUT2D eigenvalue weighted by Gasteiger charge is 2.18. The maximum absolute atomic E-state index is 10.3. The van der Waals surface area contributed by atoms with Gasteiger partial charge in [-0.05, 0) is 38.1 Å². The number of benzene rings is 1. The van der Waals surface area contributed by atoms with Crippen LogP contribution in [-0.2, 0) is 0 Å². The number of nitrogens with zero attached hydrogens (tertiary/aromatic N) is 3. The van der Waals surface area contributed by atoms with Gasteiger partial charge in [0, 0.05) is 16.0 Å². The Balaban J connectivity index is 1.84. The van der Waals surface area contributed by atoms with E-state index >= 15 is 0 Å². The molecule has 1 aliphatic rings. The lowest BCUT2D eigenvalue weighted by Gasteiger charge is -2.14. The van der Waals surface area contributed by atoms with Crippen molar-refractivity contribution in [3.05, 3.63) is 45.4 Å². The summed E-state index contributed by atoms with van der Waals surface area (Å²) in [6.07, 6.45) is 2.29. The van der Waals surface area contributed by atoms with Crippen molar-refractivity contribution in [2.75, 3.05) is 19.6 Å². The number of aromatic nitrogens is 1. The van der Waals surface area contributed by atoms with Crippen LogP contribution in [0.15, 0.2) is 35.4 Å². The molecule has 1 aliphatic heterocycles. The molecule has 0 spiro atoms. The lowest BCUT2D eigenvalue weighted by Crippen LogP contribution is -2.22. The van der Waals surface area contributed by atoms with Gasteiger partial charge in [-0.1, -0.05) is 23.7 Å². The van der Waals surface area contributed by atoms with Crippen LogP contribution in [-0.4, -0.2) is 34.6 Å². The molecular weight excluding hydrogens is 330 g/mol. The first-order valence-corrected chi connectivity index (χ1v) is 8.69. The van der Waals surface area contributed by atoms with Gasteiger partial charge in [0.2, 0.25) is 0 Å². The summed E-state index contributed by atoms with van der Waals surface area (Å²) in [4.78, 5) is 6.65. The summed E-state index contributed by atoms with van der Waals surface area (Å²) in [6, 6.07) is 9.49. The molecule has 23 heavy (non-hydrogen) atoms. The Morgan fingerprint density at radius 2 is 2.00 bits per heavy atom. The highest BCUT2D eigenvalue weighted by atomic mass is 35.5. The molecule has 1 fully saturated rings. The molecule has 3 rings (SSSR count). The van der Waals surface area contributed by atoms with Crippen molar-refractivity contribution in [2.24, 2.45) is 0 Å². The second-order valence-electron chi connectivity index (χ2n) is 5.46. The quantitative estimate of drug-likeness (QED) is 0.661. The molecule has 2 aromatic rings. The Bertz CT molecular complexity index is 755. The fraction of sp³-hybridized carbons (Fsp3) is 0.294. The second-order valence-corrected chi connectivity index (χ2v) is 6.76. The van der Waals surface area contributed by atoms with Gasteiger partial charge >= 0.3 is 0 Å². The van der Waals surface area contributed by atoms with E-state index in [0.717, 1.165) is 37.2 Å². The minimum atomic E-state index is 0.103. The van der Waals surface area contributed by atoms with E-state index in [0.29, 0.717) is 16.6 Å². The summed E-state index contributed by atoms with van der Waals surface area (Å²) in [5, 5.41) is 22.8. The Morgan fingerprint density at radius 3 is 2.65 bits per heavy atom. The first-order valence-electron chi connectivity index (χ1n) is 7.44. The zero-order chi connectivity index (χ0) is 16.2. The van der Waals surface area contributed by atoms with E-state index in [1.54, 1.807) is 0 Å². The molecule has 2 heterocycles. The van der Waals surface area contributed by atoms with Gasteiger partial charge in [0.05, 0.1) is 12.2 Å². The number of thiazole rings is 1. The number of hydrogen-bond acceptors (Lipinski definition) is 5. The number of likely N-dealkylation sites (tertiary alicyclic amines) is 1. The number of allylic oxidation sites excluding steroid dienone is 1. The SMILES string of the molecule is N#CC(=C(O)CN1CCCC1)c1nc(-c2ccc(Cl)cc2)cs1. The van der Waals surface area contributed by atoms with E-state index < -0.39 is 0 Å². The molecule has 1 N–H and O–H groups in total. The third-order valence-electron chi connectivity index (χ3n) is 3.83. The molecule has 0 saturated carbocycles. The Kier molecular flexibility index (Phi) is 4.97. The van der Waals surface area contributed by atoms with Crippen molar-refractivity contribution in [1.29, 1.82) is 5.26 Å². The van der Waals surface area contributed by atoms with Gasteiger partial charge in [-0.3, -0.25) is 4.90 Å². The summed E-state index contributed by atoms with van der Waals surface area (Å²) < 4.78 is 0. The highest BCUT2D eigenvalue weighted by Crippen LogP contribution is 2.28. The van der Waals surface area contributed by atoms with E-state index in [2.05, 4.69) is 16.0 Å². The van der Waals surface area contributed by atoms with Gasteiger partial charge in [-0.25, -0.2) is 4.98 Å². The molecule has 1 saturated heterocycles. The molecule has 4 nitrogen and oxygen atoms in total. The van der Waals surface area contributed by atoms with Crippen molar-refractivity contribution in [2.45, 2.75) is 12.8 Å². The molecule has 0 amide bonds. The van der Waals surface area contributed by atoms with Gasteiger partial charge in [0.1, 0.15) is 22.4 Å². The summed E-state index contributed by atoms with van der Waals surface area (Å²) in [5.74, 6) is 0.103. The topological polar surface area (TPSA) is 60.1 Å². The number of hydrogen-bond donors (Lipinski definition) is 1. The van der Waals surface area contributed by atoms with E-state index in [1.807, 2.05) is 29.6 Å². The van der Waals surface area contributed by atoms with Crippen LogP contribution in [0.2, 0.25) is 5.02 Å². The number of halogens is 1. The molecule has 1 aromatic heterocycles. The second kappa shape index (κ2) is 7.14. The lowest BCUT2D eigenvalue weighted by atomic mass is 10.2. The Labute approximate surface area is 144 Å². The van der Waals surface area contributed by atoms with Crippen LogP contribution < -0.4 is 0 Å². The minimum Gasteiger partial charge on any atom is -0.509 e. The van der Waals surface area contributed by atoms with E-state index in [4.69, 9.17) is 11.6 Å². The van der Waals surface area contributed by atoms with Crippen LogP contribution in [0.25, 0.3) is 16.8 Å². The smallest absolute Gasteiger partial charge is 0.138 e. The highest BCUT2D eigenvalue weighted by molar-refractivity contribution is 7.11. The van der Waals surface area contributed by atoms with Crippen LogP contribution in [0.1, 0.15) is 17.8 Å². The average Bonchev–Trinajstić information content (AvgIpc) is 3.21. The van der Waals surface area contributed by atoms with Crippen LogP contribution in [0.5, 0.6) is 0 Å². The average molecular weight is 346 g/mol. The number of aliphatic hydroxyl groups excluding tert-OH is 1. The first-order chi connectivity index (χ1) is 11.2. The zero-order valence-electron chi connectivity index (χ0n) is 12.5. The molecule has 118 valence electrons. The van der Waals surface area contributed by atoms with Crippen molar-refractivity contribution in [3.63, 3.8) is 0 Å². The number of nitriles is 1. The van der Waals surface area contributed by atoms with E-state index in [1.165, 1.54) is 11.3 Å². The van der Waals surface area contributed by atoms with Crippen molar-refractivity contribution < 1.29 is 5.11 Å². The third-order valence-corrected chi connectivity index (χ3v) is 4.94. The van der Waals surface area contributed by atoms with Crippen molar-refractivity contribution in [3.8, 4) is 17.3 Å². The number of aliphatic hydroxyl groups is 1. The predicted molar refractivity (Wildman–Crippen MR) is 93.4 cm³/mol. The first kappa shape index (κ1) is 16.0. The van der Waals surface area contributed by atoms with Crippen molar-refractivity contribution in [1.82, 2.24) is 9.88 Å². The van der Waals surface area contributed by atoms with Gasteiger partial charge in [-0.15, -0.1) is 11.3 Å². The van der Waals surface area contributed by atoms with Gasteiger partial charge < -0.3 is 5.11 Å². The fourth-order valence-corrected chi connectivity index (χ4v) is 3.58. The van der Waals surface area contributed by atoms with Crippen molar-refractivity contribution >= 4 is 28.5 Å². The van der Waals surface area contributed by atoms with E-state index in [9.17, 15) is 10.4 Å². The van der Waals surface area contributed by atoms with Crippen LogP contribution >= 0.6 is 22.9 Å². The number of rotatable bonds is 4. The summed E-state index contributed by atoms with van der Waals surface area (Å²) in [6.45, 7) is 2.35. The molecule has 0 unspecified atom stereocenters. The minimum absolute atomic E-state index is 0.103. The summed E-state index contributed by atoms with van der Waals surface area (Å²) >= 11 is 7.26. The molecule has 1 aromatic carbocycles. The predicted octanol–water partition coefficient (Wildman–Crippen LogP) is 4.35. The summed E-state index contributed by atoms with van der Waals surface area (Å²) in [7, 11) is 0. The van der Waals surface area contributed by atoms with Gasteiger partial charge in [-0.2, -0.15) is 5.26 Å². The van der Waals surface area contributed by atoms with E-state index in [-0.39, 0.29) is 11.3 Å². The molecule has 6 heteroatoms. The fourth-order valence-electron chi connectivity index (χ4n) is 2.61. The standard InChI is InChI=1S/C17H16ClN3OS/c18-13-5-3-12(4-6-13)15-11-23-17(20-15)14(9-19)16(22)10-21-7-1-2-8-21/h3-6,11,22H,1-2,7-8,10H2. The Hall–Kier alpha value is -1.87. The molecular formula is C17H16ClN3OS. The maximum Gasteiger partial charge on any atom is 0.138 e. The largest absolute Gasteiger partial charge is 0.509 e. The summed E-state index contributed by atoms with van der Waals surface area (Å²) in [5.41, 5.74) is 1.98. The van der Waals surface area contributed by atoms with Crippen LogP contribution in [0.4, 0.5) is 0 Å². The normalized spacial score (nSPS) is 16.2. The molecule has 0 atom stereocenters. The lowest BCUT2D eigenvalue weighted by molar-refractivity contribution is 0.293. The Morgan fingerprint density at radius 1 is 1.30 bits per heavy atom. The third kappa shape index (κ3) is 3.73.